The Morgan fingerprint density at radius 2 is 2.00 bits per heavy atom. The Labute approximate surface area is 136 Å². The summed E-state index contributed by atoms with van der Waals surface area (Å²) in [5.41, 5.74) is 2.28. The molecular weight excluding hydrogens is 296 g/mol. The molecule has 0 aliphatic carbocycles. The molecule has 3 rings (SSSR count). The van der Waals surface area contributed by atoms with Crippen LogP contribution in [0, 0.1) is 5.92 Å². The number of carbonyl (C=O) groups excluding carboxylic acids is 1. The molecule has 0 bridgehead atoms. The summed E-state index contributed by atoms with van der Waals surface area (Å²) in [7, 11) is 0. The second-order valence-corrected chi connectivity index (χ2v) is 6.36. The zero-order valence-electron chi connectivity index (χ0n) is 13.0. The normalized spacial score (nSPS) is 18.9. The van der Waals surface area contributed by atoms with E-state index in [0.717, 1.165) is 30.1 Å². The van der Waals surface area contributed by atoms with E-state index < -0.39 is 0 Å². The van der Waals surface area contributed by atoms with Crippen LogP contribution < -0.4 is 0 Å². The van der Waals surface area contributed by atoms with Crippen molar-refractivity contribution in [2.75, 3.05) is 6.54 Å². The smallest absolute Gasteiger partial charge is 0.226 e. The third-order valence-corrected chi connectivity index (χ3v) is 4.79. The lowest BCUT2D eigenvalue weighted by Gasteiger charge is -2.38. The van der Waals surface area contributed by atoms with Crippen molar-refractivity contribution in [3.05, 3.63) is 58.9 Å². The van der Waals surface area contributed by atoms with Gasteiger partial charge in [-0.3, -0.25) is 4.79 Å². The Balaban J connectivity index is 2.03. The van der Waals surface area contributed by atoms with E-state index in [-0.39, 0.29) is 17.9 Å². The largest absolute Gasteiger partial charge is 0.348 e. The van der Waals surface area contributed by atoms with Gasteiger partial charge in [0.05, 0.1) is 6.04 Å². The lowest BCUT2D eigenvalue weighted by molar-refractivity contribution is -0.137. The van der Waals surface area contributed by atoms with Gasteiger partial charge in [-0.15, -0.1) is 0 Å². The number of benzene rings is 1. The molecule has 1 aliphatic heterocycles. The van der Waals surface area contributed by atoms with Crippen molar-refractivity contribution in [1.82, 2.24) is 9.47 Å². The topological polar surface area (TPSA) is 25.2 Å². The molecule has 1 amide bonds. The van der Waals surface area contributed by atoms with Crippen molar-refractivity contribution in [3.63, 3.8) is 0 Å². The zero-order chi connectivity index (χ0) is 15.7. The quantitative estimate of drug-likeness (QED) is 0.836. The van der Waals surface area contributed by atoms with Crippen molar-refractivity contribution < 1.29 is 4.79 Å². The second-order valence-electron chi connectivity index (χ2n) is 5.92. The minimum absolute atomic E-state index is 0.0254. The molecule has 4 heteroatoms. The lowest BCUT2D eigenvalue weighted by atomic mass is 9.97. The molecule has 2 heterocycles. The monoisotopic (exact) mass is 316 g/mol. The van der Waals surface area contributed by atoms with Gasteiger partial charge < -0.3 is 9.47 Å². The SMILES string of the molecule is CC[C@H](C)C(=O)N1CCn2cccc2[C@@H]1c1ccc(Cl)cc1. The van der Waals surface area contributed by atoms with Crippen LogP contribution in [0.3, 0.4) is 0 Å². The number of halogens is 1. The summed E-state index contributed by atoms with van der Waals surface area (Å²) in [6, 6.07) is 12.0. The number of nitrogens with zero attached hydrogens (tertiary/aromatic N) is 2. The van der Waals surface area contributed by atoms with E-state index in [2.05, 4.69) is 29.8 Å². The molecule has 1 aromatic heterocycles. The van der Waals surface area contributed by atoms with Crippen LogP contribution in [0.4, 0.5) is 0 Å². The molecule has 1 aliphatic rings. The third kappa shape index (κ3) is 2.66. The first-order chi connectivity index (χ1) is 10.6. The third-order valence-electron chi connectivity index (χ3n) is 4.54. The number of aromatic nitrogens is 1. The first-order valence-electron chi connectivity index (χ1n) is 7.82. The highest BCUT2D eigenvalue weighted by Crippen LogP contribution is 2.34. The highest BCUT2D eigenvalue weighted by Gasteiger charge is 2.33. The Bertz CT molecular complexity index is 662. The minimum Gasteiger partial charge on any atom is -0.348 e. The summed E-state index contributed by atoms with van der Waals surface area (Å²) in [6.45, 7) is 5.67. The van der Waals surface area contributed by atoms with Crippen LogP contribution in [0.1, 0.15) is 37.6 Å². The Morgan fingerprint density at radius 1 is 1.27 bits per heavy atom. The van der Waals surface area contributed by atoms with E-state index in [0.29, 0.717) is 0 Å². The maximum atomic E-state index is 12.8. The van der Waals surface area contributed by atoms with Crippen LogP contribution >= 0.6 is 11.6 Å². The summed E-state index contributed by atoms with van der Waals surface area (Å²) in [5.74, 6) is 0.284. The molecule has 0 saturated carbocycles. The van der Waals surface area contributed by atoms with Gasteiger partial charge in [-0.1, -0.05) is 37.6 Å². The number of hydrogen-bond donors (Lipinski definition) is 0. The van der Waals surface area contributed by atoms with Gasteiger partial charge in [0.25, 0.3) is 0 Å². The van der Waals surface area contributed by atoms with Gasteiger partial charge >= 0.3 is 0 Å². The fraction of sp³-hybridized carbons (Fsp3) is 0.389. The van der Waals surface area contributed by atoms with E-state index >= 15 is 0 Å². The predicted octanol–water partition coefficient (Wildman–Crippen LogP) is 4.12. The van der Waals surface area contributed by atoms with Crippen LogP contribution in [-0.4, -0.2) is 21.9 Å². The van der Waals surface area contributed by atoms with Gasteiger partial charge in [0.1, 0.15) is 0 Å². The lowest BCUT2D eigenvalue weighted by Crippen LogP contribution is -2.44. The van der Waals surface area contributed by atoms with Crippen LogP contribution in [0.2, 0.25) is 5.02 Å². The summed E-state index contributed by atoms with van der Waals surface area (Å²) < 4.78 is 2.24. The van der Waals surface area contributed by atoms with Gasteiger partial charge in [-0.25, -0.2) is 0 Å². The maximum absolute atomic E-state index is 12.8. The Kier molecular flexibility index (Phi) is 4.25. The summed E-state index contributed by atoms with van der Waals surface area (Å²) >= 11 is 6.02. The number of carbonyl (C=O) groups is 1. The van der Waals surface area contributed by atoms with Crippen molar-refractivity contribution in [1.29, 1.82) is 0 Å². The fourth-order valence-electron chi connectivity index (χ4n) is 3.07. The molecule has 2 aromatic rings. The number of amides is 1. The number of rotatable bonds is 3. The number of fused-ring (bicyclic) bond motifs is 1. The molecule has 0 N–H and O–H groups in total. The molecule has 0 fully saturated rings. The standard InChI is InChI=1S/C18H21ClN2O/c1-3-13(2)18(22)21-12-11-20-10-4-5-16(20)17(21)14-6-8-15(19)9-7-14/h4-10,13,17H,3,11-12H2,1-2H3/t13-,17-/m0/s1. The van der Waals surface area contributed by atoms with Crippen molar-refractivity contribution in [2.24, 2.45) is 5.92 Å². The fourth-order valence-corrected chi connectivity index (χ4v) is 3.20. The number of hydrogen-bond acceptors (Lipinski definition) is 1. The van der Waals surface area contributed by atoms with Gasteiger partial charge in [0, 0.05) is 35.9 Å². The zero-order valence-corrected chi connectivity index (χ0v) is 13.8. The summed E-state index contributed by atoms with van der Waals surface area (Å²) in [4.78, 5) is 14.8. The molecule has 0 radical (unpaired) electrons. The first kappa shape index (κ1) is 15.2. The van der Waals surface area contributed by atoms with E-state index in [1.807, 2.05) is 36.1 Å². The van der Waals surface area contributed by atoms with E-state index in [1.54, 1.807) is 0 Å². The summed E-state index contributed by atoms with van der Waals surface area (Å²) in [6.07, 6.45) is 2.95. The first-order valence-corrected chi connectivity index (χ1v) is 8.20. The highest BCUT2D eigenvalue weighted by atomic mass is 35.5. The van der Waals surface area contributed by atoms with Crippen LogP contribution in [0.5, 0.6) is 0 Å². The maximum Gasteiger partial charge on any atom is 0.226 e. The Morgan fingerprint density at radius 3 is 2.68 bits per heavy atom. The van der Waals surface area contributed by atoms with E-state index in [4.69, 9.17) is 11.6 Å². The van der Waals surface area contributed by atoms with E-state index in [1.165, 1.54) is 5.69 Å². The molecule has 22 heavy (non-hydrogen) atoms. The summed E-state index contributed by atoms with van der Waals surface area (Å²) in [5, 5.41) is 0.717. The molecule has 116 valence electrons. The van der Waals surface area contributed by atoms with Crippen molar-refractivity contribution in [3.8, 4) is 0 Å². The molecule has 3 nitrogen and oxygen atoms in total. The van der Waals surface area contributed by atoms with Crippen molar-refractivity contribution in [2.45, 2.75) is 32.9 Å². The Hall–Kier alpha value is -1.74. The van der Waals surface area contributed by atoms with E-state index in [9.17, 15) is 4.79 Å². The van der Waals surface area contributed by atoms with Crippen LogP contribution in [0.15, 0.2) is 42.6 Å². The van der Waals surface area contributed by atoms with Gasteiger partial charge in [0.15, 0.2) is 0 Å². The van der Waals surface area contributed by atoms with Crippen LogP contribution in [0.25, 0.3) is 0 Å². The molecular formula is C18H21ClN2O. The average molecular weight is 317 g/mol. The predicted molar refractivity (Wildman–Crippen MR) is 88.9 cm³/mol. The van der Waals surface area contributed by atoms with Crippen LogP contribution in [-0.2, 0) is 11.3 Å². The molecule has 0 saturated heterocycles. The van der Waals surface area contributed by atoms with Gasteiger partial charge in [-0.2, -0.15) is 0 Å². The van der Waals surface area contributed by atoms with Crippen molar-refractivity contribution >= 4 is 17.5 Å². The molecule has 1 aromatic carbocycles. The molecule has 0 unspecified atom stereocenters. The second kappa shape index (κ2) is 6.17. The average Bonchev–Trinajstić information content (AvgIpc) is 3.02. The van der Waals surface area contributed by atoms with Gasteiger partial charge in [0.2, 0.25) is 5.91 Å². The highest BCUT2D eigenvalue weighted by molar-refractivity contribution is 6.30. The minimum atomic E-state index is -0.0254. The molecule has 0 spiro atoms. The molecule has 2 atom stereocenters. The van der Waals surface area contributed by atoms with Gasteiger partial charge in [-0.05, 0) is 36.2 Å².